The number of hydrogen-bond donors (Lipinski definition) is 0. The van der Waals surface area contributed by atoms with Gasteiger partial charge < -0.3 is 0 Å². The maximum absolute atomic E-state index is 12.1. The fourth-order valence-corrected chi connectivity index (χ4v) is 8.05. The van der Waals surface area contributed by atoms with Gasteiger partial charge in [0.05, 0.1) is 0 Å². The molecule has 1 nitrogen and oxygen atoms in total. The molecule has 6 atom stereocenters. The van der Waals surface area contributed by atoms with Crippen LogP contribution in [0.3, 0.4) is 0 Å². The average molecular weight is 319 g/mol. The molecule has 4 aliphatic carbocycles. The van der Waals surface area contributed by atoms with Gasteiger partial charge in [0, 0.05) is 17.1 Å². The van der Waals surface area contributed by atoms with Crippen molar-refractivity contribution < 1.29 is 4.79 Å². The molecule has 0 heterocycles. The highest BCUT2D eigenvalue weighted by Gasteiger charge is 2.58. The van der Waals surface area contributed by atoms with Gasteiger partial charge in [-0.3, -0.25) is 4.79 Å². The topological polar surface area (TPSA) is 17.1 Å². The molecule has 0 N–H and O–H groups in total. The maximum atomic E-state index is 12.1. The number of hydrogen-bond acceptors (Lipinski definition) is 2. The third-order valence-electron chi connectivity index (χ3n) is 8.10. The van der Waals surface area contributed by atoms with Crippen molar-refractivity contribution in [3.63, 3.8) is 0 Å². The van der Waals surface area contributed by atoms with Crippen LogP contribution in [0.2, 0.25) is 0 Å². The van der Waals surface area contributed by atoms with Gasteiger partial charge in [0.1, 0.15) is 0 Å². The van der Waals surface area contributed by atoms with Crippen molar-refractivity contribution in [1.29, 1.82) is 0 Å². The summed E-state index contributed by atoms with van der Waals surface area (Å²) in [5.41, 5.74) is 2.43. The highest BCUT2D eigenvalue weighted by Crippen LogP contribution is 2.66. The molecule has 3 saturated carbocycles. The number of carbonyl (C=O) groups excluding carboxylic acids is 1. The van der Waals surface area contributed by atoms with Gasteiger partial charge in [-0.05, 0) is 74.0 Å². The number of fused-ring (bicyclic) bond motifs is 5. The summed E-state index contributed by atoms with van der Waals surface area (Å²) in [6.07, 6.45) is 14.8. The van der Waals surface area contributed by atoms with E-state index in [-0.39, 0.29) is 0 Å². The van der Waals surface area contributed by atoms with Gasteiger partial charge in [-0.15, -0.1) is 0 Å². The van der Waals surface area contributed by atoms with E-state index in [0.29, 0.717) is 21.9 Å². The molecular weight excluding hydrogens is 288 g/mol. The average Bonchev–Trinajstić information content (AvgIpc) is 2.89. The highest BCUT2D eigenvalue weighted by molar-refractivity contribution is 7.99. The Morgan fingerprint density at radius 2 is 1.95 bits per heavy atom. The fraction of sp³-hybridized carbons (Fsp3) is 0.850. The molecule has 0 aliphatic heterocycles. The van der Waals surface area contributed by atoms with Crippen molar-refractivity contribution in [2.24, 2.45) is 28.6 Å². The molecule has 0 amide bonds. The van der Waals surface area contributed by atoms with Gasteiger partial charge in [-0.1, -0.05) is 25.8 Å². The van der Waals surface area contributed by atoms with Crippen LogP contribution in [0, 0.1) is 28.6 Å². The molecule has 22 heavy (non-hydrogen) atoms. The van der Waals surface area contributed by atoms with Crippen LogP contribution in [0.25, 0.3) is 0 Å². The number of allylic oxidation sites excluding steroid dienone is 1. The van der Waals surface area contributed by atoms with Crippen molar-refractivity contribution in [3.8, 4) is 0 Å². The second-order valence-corrected chi connectivity index (χ2v) is 9.89. The highest BCUT2D eigenvalue weighted by atomic mass is 32.2. The van der Waals surface area contributed by atoms with Gasteiger partial charge in [0.25, 0.3) is 0 Å². The van der Waals surface area contributed by atoms with E-state index in [1.54, 1.807) is 0 Å². The summed E-state index contributed by atoms with van der Waals surface area (Å²) < 4.78 is 0. The maximum Gasteiger partial charge on any atom is 0.156 e. The predicted molar refractivity (Wildman–Crippen MR) is 94.0 cm³/mol. The lowest BCUT2D eigenvalue weighted by Gasteiger charge is -2.59. The Bertz CT molecular complexity index is 524. The minimum absolute atomic E-state index is 0.292. The predicted octanol–water partition coefficient (Wildman–Crippen LogP) is 5.25. The summed E-state index contributed by atoms with van der Waals surface area (Å²) in [5, 5.41) is 0.513. The van der Waals surface area contributed by atoms with E-state index in [2.05, 4.69) is 20.1 Å². The van der Waals surface area contributed by atoms with Gasteiger partial charge >= 0.3 is 0 Å². The molecule has 4 aliphatic rings. The smallest absolute Gasteiger partial charge is 0.156 e. The van der Waals surface area contributed by atoms with Crippen LogP contribution in [0.5, 0.6) is 0 Å². The molecule has 3 fully saturated rings. The first-order chi connectivity index (χ1) is 10.5. The SMILES string of the molecule is CSC1CC(=O)C=C2CC[C@H]3[C@@H]4CCC[C@@]4(C)CC[C@@H]3[C@]21C. The summed E-state index contributed by atoms with van der Waals surface area (Å²) in [4.78, 5) is 12.1. The van der Waals surface area contributed by atoms with Crippen molar-refractivity contribution >= 4 is 17.5 Å². The molecular formula is C20H30OS. The second kappa shape index (κ2) is 5.13. The van der Waals surface area contributed by atoms with Crippen LogP contribution in [0.4, 0.5) is 0 Å². The number of ketones is 1. The molecule has 122 valence electrons. The number of rotatable bonds is 1. The van der Waals surface area contributed by atoms with E-state index >= 15 is 0 Å². The minimum atomic E-state index is 0.292. The Labute approximate surface area is 139 Å². The number of thioether (sulfide) groups is 1. The van der Waals surface area contributed by atoms with Gasteiger partial charge in [0.2, 0.25) is 0 Å². The first-order valence-corrected chi connectivity index (χ1v) is 10.5. The molecule has 0 aromatic heterocycles. The molecule has 0 spiro atoms. The Morgan fingerprint density at radius 3 is 2.73 bits per heavy atom. The van der Waals surface area contributed by atoms with Crippen LogP contribution in [-0.4, -0.2) is 17.3 Å². The van der Waals surface area contributed by atoms with E-state index in [1.807, 2.05) is 17.8 Å². The zero-order valence-electron chi connectivity index (χ0n) is 14.4. The van der Waals surface area contributed by atoms with Gasteiger partial charge in [-0.25, -0.2) is 0 Å². The largest absolute Gasteiger partial charge is 0.295 e. The van der Waals surface area contributed by atoms with Crippen molar-refractivity contribution in [2.75, 3.05) is 6.26 Å². The standard InChI is InChI=1S/C20H30OS/c1-19-9-4-5-16(19)15-7-6-13-11-14(21)12-18(22-3)20(13,2)17(15)8-10-19/h11,15-18H,4-10,12H2,1-3H3/t15-,16-,17-,18?,19-,20-/m0/s1. The van der Waals surface area contributed by atoms with Crippen molar-refractivity contribution in [2.45, 2.75) is 70.5 Å². The van der Waals surface area contributed by atoms with Gasteiger partial charge in [-0.2, -0.15) is 11.8 Å². The molecule has 0 bridgehead atoms. The van der Waals surface area contributed by atoms with Crippen LogP contribution in [0.15, 0.2) is 11.6 Å². The third kappa shape index (κ3) is 1.95. The third-order valence-corrected chi connectivity index (χ3v) is 9.33. The van der Waals surface area contributed by atoms with E-state index in [4.69, 9.17) is 0 Å². The Hall–Kier alpha value is -0.240. The van der Waals surface area contributed by atoms with E-state index in [9.17, 15) is 4.79 Å². The van der Waals surface area contributed by atoms with Crippen LogP contribution < -0.4 is 0 Å². The molecule has 2 heteroatoms. The monoisotopic (exact) mass is 318 g/mol. The lowest BCUT2D eigenvalue weighted by atomic mass is 9.47. The van der Waals surface area contributed by atoms with E-state index in [1.165, 1.54) is 50.5 Å². The summed E-state index contributed by atoms with van der Waals surface area (Å²) in [5.74, 6) is 3.09. The van der Waals surface area contributed by atoms with Crippen molar-refractivity contribution in [3.05, 3.63) is 11.6 Å². The second-order valence-electron chi connectivity index (χ2n) is 8.85. The summed E-state index contributed by atoms with van der Waals surface area (Å²) in [6, 6.07) is 0. The lowest BCUT2D eigenvalue weighted by molar-refractivity contribution is -0.117. The fourth-order valence-electron chi connectivity index (χ4n) is 6.91. The summed E-state index contributed by atoms with van der Waals surface area (Å²) >= 11 is 1.95. The van der Waals surface area contributed by atoms with Crippen LogP contribution >= 0.6 is 11.8 Å². The summed E-state index contributed by atoms with van der Waals surface area (Å²) in [7, 11) is 0. The molecule has 0 aromatic carbocycles. The van der Waals surface area contributed by atoms with Crippen LogP contribution in [0.1, 0.15) is 65.2 Å². The Kier molecular flexibility index (Phi) is 3.57. The van der Waals surface area contributed by atoms with E-state index < -0.39 is 0 Å². The zero-order valence-corrected chi connectivity index (χ0v) is 15.2. The minimum Gasteiger partial charge on any atom is -0.295 e. The zero-order chi connectivity index (χ0) is 15.5. The Balaban J connectivity index is 1.73. The molecule has 4 rings (SSSR count). The number of carbonyl (C=O) groups is 1. The molecule has 0 saturated heterocycles. The molecule has 0 aromatic rings. The van der Waals surface area contributed by atoms with Crippen LogP contribution in [-0.2, 0) is 4.79 Å². The van der Waals surface area contributed by atoms with Gasteiger partial charge in [0.15, 0.2) is 5.78 Å². The first-order valence-electron chi connectivity index (χ1n) is 9.26. The Morgan fingerprint density at radius 1 is 1.14 bits per heavy atom. The van der Waals surface area contributed by atoms with E-state index in [0.717, 1.165) is 24.2 Å². The van der Waals surface area contributed by atoms with Crippen molar-refractivity contribution in [1.82, 2.24) is 0 Å². The molecule has 1 unspecified atom stereocenters. The quantitative estimate of drug-likeness (QED) is 0.657. The lowest BCUT2D eigenvalue weighted by Crippen LogP contribution is -2.53. The summed E-state index contributed by atoms with van der Waals surface area (Å²) in [6.45, 7) is 5.09. The molecule has 0 radical (unpaired) electrons. The first kappa shape index (κ1) is 15.3. The normalized spacial score (nSPS) is 50.9.